The number of hydrogen-bond donors (Lipinski definition) is 2. The predicted molar refractivity (Wildman–Crippen MR) is 184 cm³/mol. The van der Waals surface area contributed by atoms with Crippen molar-refractivity contribution in [1.82, 2.24) is 9.80 Å². The van der Waals surface area contributed by atoms with Crippen molar-refractivity contribution in [2.45, 2.75) is 87.0 Å². The van der Waals surface area contributed by atoms with Crippen LogP contribution in [0.15, 0.2) is 85.5 Å². The summed E-state index contributed by atoms with van der Waals surface area (Å²) < 4.78 is 5.98. The summed E-state index contributed by atoms with van der Waals surface area (Å²) in [6, 6.07) is 24.3. The number of rotatable bonds is 9. The Morgan fingerprint density at radius 1 is 1.09 bits per heavy atom. The highest BCUT2D eigenvalue weighted by atomic mass is 16.5. The van der Waals surface area contributed by atoms with Crippen LogP contribution >= 0.6 is 0 Å². The lowest BCUT2D eigenvalue weighted by atomic mass is 9.49. The molecule has 3 aromatic carbocycles. The first-order valence-corrected chi connectivity index (χ1v) is 17.0. The average molecular weight is 637 g/mol. The van der Waals surface area contributed by atoms with Crippen LogP contribution in [-0.4, -0.2) is 82.6 Å². The maximum Gasteiger partial charge on any atom is 0.174 e. The highest BCUT2D eigenvalue weighted by Crippen LogP contribution is 2.64. The van der Waals surface area contributed by atoms with Gasteiger partial charge in [0.25, 0.3) is 0 Å². The van der Waals surface area contributed by atoms with Crippen molar-refractivity contribution in [1.29, 1.82) is 0 Å². The lowest BCUT2D eigenvalue weighted by Crippen LogP contribution is -2.76. The molecule has 0 unspecified atom stereocenters. The summed E-state index contributed by atoms with van der Waals surface area (Å²) in [5.74, 6) is 0.809. The van der Waals surface area contributed by atoms with Crippen LogP contribution in [0.1, 0.15) is 68.2 Å². The highest BCUT2D eigenvalue weighted by Gasteiger charge is 2.73. The molecule has 0 amide bonds. The molecule has 7 rings (SSSR count). The minimum atomic E-state index is -1.00. The molecule has 5 atom stereocenters. The van der Waals surface area contributed by atoms with E-state index in [1.54, 1.807) is 6.07 Å². The Hall–Kier alpha value is -3.78. The van der Waals surface area contributed by atoms with Gasteiger partial charge >= 0.3 is 0 Å². The van der Waals surface area contributed by atoms with Crippen molar-refractivity contribution in [2.75, 3.05) is 27.2 Å². The van der Waals surface area contributed by atoms with Gasteiger partial charge in [0.2, 0.25) is 0 Å². The molecule has 2 N–H and O–H groups in total. The number of ether oxygens (including phenoxy) is 1. The number of carbonyl (C=O) groups excluding carboxylic acids is 2. The van der Waals surface area contributed by atoms with E-state index in [1.807, 2.05) is 55.5 Å². The molecule has 0 radical (unpaired) electrons. The maximum absolute atomic E-state index is 13.2. The number of phenolic OH excluding ortho intramolecular Hbond substituents is 1. The van der Waals surface area contributed by atoms with Gasteiger partial charge in [0, 0.05) is 43.6 Å². The Morgan fingerprint density at radius 2 is 1.72 bits per heavy atom. The van der Waals surface area contributed by atoms with Crippen LogP contribution in [0, 0.1) is 0 Å². The molecule has 2 bridgehead atoms. The van der Waals surface area contributed by atoms with Gasteiger partial charge < -0.3 is 19.8 Å². The fraction of sp³-hybridized carbons (Fsp3) is 0.450. The van der Waals surface area contributed by atoms with Crippen molar-refractivity contribution in [3.05, 3.63) is 108 Å². The summed E-state index contributed by atoms with van der Waals surface area (Å²) in [7, 11) is 4.14. The quantitative estimate of drug-likeness (QED) is 0.296. The van der Waals surface area contributed by atoms with Gasteiger partial charge in [-0.15, -0.1) is 6.58 Å². The molecular formula is C40H48N2O5. The van der Waals surface area contributed by atoms with Gasteiger partial charge in [0.05, 0.1) is 16.4 Å². The fourth-order valence-corrected chi connectivity index (χ4v) is 9.01. The Balaban J connectivity index is 0.000000165. The van der Waals surface area contributed by atoms with E-state index in [-0.39, 0.29) is 23.4 Å². The summed E-state index contributed by atoms with van der Waals surface area (Å²) in [5.41, 5.74) is 1.85. The molecule has 248 valence electrons. The summed E-state index contributed by atoms with van der Waals surface area (Å²) in [4.78, 5) is 30.3. The molecule has 2 aliphatic heterocycles. The van der Waals surface area contributed by atoms with Crippen molar-refractivity contribution in [3.8, 4) is 11.5 Å². The fourth-order valence-electron chi connectivity index (χ4n) is 9.01. The lowest BCUT2D eigenvalue weighted by Gasteiger charge is -2.62. The molecule has 1 saturated heterocycles. The van der Waals surface area contributed by atoms with Crippen LogP contribution in [0.25, 0.3) is 0 Å². The zero-order valence-electron chi connectivity index (χ0n) is 28.1. The lowest BCUT2D eigenvalue weighted by molar-refractivity contribution is -0.187. The normalized spacial score (nSPS) is 26.5. The molecule has 47 heavy (non-hydrogen) atoms. The number of hydrogen-bond acceptors (Lipinski definition) is 7. The van der Waals surface area contributed by atoms with Crippen molar-refractivity contribution in [3.63, 3.8) is 0 Å². The molecule has 4 aliphatic rings. The maximum atomic E-state index is 13.2. The van der Waals surface area contributed by atoms with E-state index in [0.717, 1.165) is 41.8 Å². The second kappa shape index (κ2) is 12.7. The zero-order valence-corrected chi connectivity index (χ0v) is 28.1. The van der Waals surface area contributed by atoms with Crippen LogP contribution < -0.4 is 4.74 Å². The highest BCUT2D eigenvalue weighted by molar-refractivity contribution is 5.94. The standard InChI is InChI=1S/C21H27NO.C19H21NO4/c1-5-20(23)21(16-17(2)22(3)4,18-12-8-6-9-13-18)19-14-10-7-11-15-19;1-2-8-20-9-7-18-15-11-3-4-12(21)16(15)24-17(18)13(22)5-6-19(18,23)14(20)10-11/h6-15,17H,5,16H2,1-4H3;2-4,14,17,21,23H,1,5-10H2/t17-;14-,17+,18+,19-/m11/s1. The van der Waals surface area contributed by atoms with E-state index in [4.69, 9.17) is 4.74 Å². The summed E-state index contributed by atoms with van der Waals surface area (Å²) in [6.45, 7) is 9.51. The topological polar surface area (TPSA) is 90.3 Å². The van der Waals surface area contributed by atoms with E-state index >= 15 is 0 Å². The first-order chi connectivity index (χ1) is 22.5. The van der Waals surface area contributed by atoms with Crippen LogP contribution in [0.2, 0.25) is 0 Å². The second-order valence-corrected chi connectivity index (χ2v) is 14.0. The van der Waals surface area contributed by atoms with Crippen molar-refractivity contribution >= 4 is 11.6 Å². The Kier molecular flexibility index (Phi) is 8.94. The van der Waals surface area contributed by atoms with Crippen LogP contribution in [-0.2, 0) is 26.8 Å². The number of ketones is 2. The van der Waals surface area contributed by atoms with E-state index in [2.05, 4.69) is 61.7 Å². The number of piperidine rings is 1. The summed E-state index contributed by atoms with van der Waals surface area (Å²) in [5, 5.41) is 22.1. The number of phenols is 1. The van der Waals surface area contributed by atoms with Gasteiger partial charge in [0.1, 0.15) is 5.78 Å². The van der Waals surface area contributed by atoms with Gasteiger partial charge in [0.15, 0.2) is 23.4 Å². The third-order valence-corrected chi connectivity index (χ3v) is 11.5. The first-order valence-electron chi connectivity index (χ1n) is 17.0. The van der Waals surface area contributed by atoms with Crippen molar-refractivity contribution < 1.29 is 24.5 Å². The van der Waals surface area contributed by atoms with Crippen LogP contribution in [0.3, 0.4) is 0 Å². The Labute approximate surface area is 278 Å². The SMILES string of the molecule is C=CCN1CC[C@]23c4c5ccc(O)c4O[C@H]2C(=O)CC[C@@]3(O)[C@H]1C5.CCC(=O)C(C[C@@H](C)N(C)C)(c1ccccc1)c1ccccc1. The third kappa shape index (κ3) is 5.06. The van der Waals surface area contributed by atoms with Gasteiger partial charge in [-0.25, -0.2) is 0 Å². The molecular weight excluding hydrogens is 588 g/mol. The molecule has 2 aliphatic carbocycles. The first kappa shape index (κ1) is 33.1. The Bertz CT molecular complexity index is 1600. The number of aliphatic hydroxyl groups is 1. The largest absolute Gasteiger partial charge is 0.504 e. The van der Waals surface area contributed by atoms with Crippen molar-refractivity contribution in [2.24, 2.45) is 0 Å². The number of carbonyl (C=O) groups is 2. The number of nitrogens with zero attached hydrogens (tertiary/aromatic N) is 2. The predicted octanol–water partition coefficient (Wildman–Crippen LogP) is 5.59. The zero-order chi connectivity index (χ0) is 33.6. The van der Waals surface area contributed by atoms with E-state index < -0.39 is 22.5 Å². The molecule has 7 heteroatoms. The summed E-state index contributed by atoms with van der Waals surface area (Å²) >= 11 is 0. The van der Waals surface area contributed by atoms with Gasteiger partial charge in [-0.05, 0) is 69.5 Å². The second-order valence-electron chi connectivity index (χ2n) is 14.0. The molecule has 1 spiro atoms. The van der Waals surface area contributed by atoms with Gasteiger partial charge in [-0.2, -0.15) is 0 Å². The van der Waals surface area contributed by atoms with Crippen LogP contribution in [0.4, 0.5) is 0 Å². The summed E-state index contributed by atoms with van der Waals surface area (Å²) in [6.07, 6.45) is 4.66. The van der Waals surface area contributed by atoms with E-state index in [9.17, 15) is 19.8 Å². The number of likely N-dealkylation sites (tertiary alicyclic amines) is 1. The third-order valence-electron chi connectivity index (χ3n) is 11.5. The van der Waals surface area contributed by atoms with Gasteiger partial charge in [-0.1, -0.05) is 79.7 Å². The molecule has 2 heterocycles. The minimum absolute atomic E-state index is 0.0408. The molecule has 3 aromatic rings. The number of benzene rings is 3. The monoisotopic (exact) mass is 636 g/mol. The molecule has 7 nitrogen and oxygen atoms in total. The van der Waals surface area contributed by atoms with E-state index in [1.165, 1.54) is 0 Å². The smallest absolute Gasteiger partial charge is 0.174 e. The van der Waals surface area contributed by atoms with E-state index in [0.29, 0.717) is 43.9 Å². The molecule has 2 fully saturated rings. The van der Waals surface area contributed by atoms with Crippen LogP contribution in [0.5, 0.6) is 11.5 Å². The Morgan fingerprint density at radius 3 is 2.30 bits per heavy atom. The number of aromatic hydroxyl groups is 1. The van der Waals surface area contributed by atoms with Gasteiger partial charge in [-0.3, -0.25) is 14.5 Å². The molecule has 0 aromatic heterocycles. The average Bonchev–Trinajstić information content (AvgIpc) is 3.45. The minimum Gasteiger partial charge on any atom is -0.504 e. The molecule has 1 saturated carbocycles. The number of Topliss-reactive ketones (excluding diaryl/α,β-unsaturated/α-hetero) is 2.